The molecule has 2 aromatic rings. The van der Waals surface area contributed by atoms with Crippen molar-refractivity contribution in [1.29, 1.82) is 0 Å². The lowest BCUT2D eigenvalue weighted by Gasteiger charge is -2.33. The minimum atomic E-state index is 0.126. The number of rotatable bonds is 7. The van der Waals surface area contributed by atoms with E-state index in [2.05, 4.69) is 34.7 Å². The summed E-state index contributed by atoms with van der Waals surface area (Å²) in [6.07, 6.45) is 7.19. The third-order valence-corrected chi connectivity index (χ3v) is 5.46. The topological polar surface area (TPSA) is 44.6 Å². The molecule has 1 aromatic heterocycles. The van der Waals surface area contributed by atoms with Gasteiger partial charge in [0.05, 0.1) is 0 Å². The van der Waals surface area contributed by atoms with Crippen LogP contribution in [-0.4, -0.2) is 73.1 Å². The van der Waals surface area contributed by atoms with E-state index in [1.54, 1.807) is 0 Å². The maximum absolute atomic E-state index is 13.0. The standard InChI is InChI=1S/C22H33N5O/c1-24(2)13-6-15-26-16-12-23-21(26)19-7-5-14-27(17-19)22(28)18-8-10-20(11-9-18)25(3)4/h8-12,16,19H,5-7,13-15,17H2,1-4H3. The molecule has 1 atom stereocenters. The Bertz CT molecular complexity index is 765. The van der Waals surface area contributed by atoms with Gasteiger partial charge in [-0.25, -0.2) is 4.98 Å². The van der Waals surface area contributed by atoms with Crippen LogP contribution in [0.4, 0.5) is 5.69 Å². The van der Waals surface area contributed by atoms with Gasteiger partial charge in [-0.3, -0.25) is 4.79 Å². The van der Waals surface area contributed by atoms with Crippen molar-refractivity contribution in [3.63, 3.8) is 0 Å². The number of nitrogens with zero attached hydrogens (tertiary/aromatic N) is 5. The van der Waals surface area contributed by atoms with Crippen molar-refractivity contribution in [2.45, 2.75) is 31.7 Å². The smallest absolute Gasteiger partial charge is 0.253 e. The molecule has 1 saturated heterocycles. The van der Waals surface area contributed by atoms with Gasteiger partial charge in [0.2, 0.25) is 0 Å². The maximum atomic E-state index is 13.0. The van der Waals surface area contributed by atoms with Crippen LogP contribution >= 0.6 is 0 Å². The molecule has 3 rings (SSSR count). The molecule has 0 saturated carbocycles. The molecule has 1 aromatic carbocycles. The van der Waals surface area contributed by atoms with Crippen LogP contribution in [0.25, 0.3) is 0 Å². The number of likely N-dealkylation sites (tertiary alicyclic amines) is 1. The molecule has 1 fully saturated rings. The zero-order valence-electron chi connectivity index (χ0n) is 17.6. The first-order valence-corrected chi connectivity index (χ1v) is 10.2. The molecule has 0 radical (unpaired) electrons. The van der Waals surface area contributed by atoms with Gasteiger partial charge in [-0.05, 0) is 64.2 Å². The minimum Gasteiger partial charge on any atom is -0.378 e. The third kappa shape index (κ3) is 4.93. The highest BCUT2D eigenvalue weighted by Gasteiger charge is 2.28. The number of hydrogen-bond acceptors (Lipinski definition) is 4. The lowest BCUT2D eigenvalue weighted by Crippen LogP contribution is -2.39. The summed E-state index contributed by atoms with van der Waals surface area (Å²) in [6.45, 7) is 3.62. The van der Waals surface area contributed by atoms with Gasteiger partial charge in [-0.1, -0.05) is 0 Å². The lowest BCUT2D eigenvalue weighted by atomic mass is 9.96. The second-order valence-electron chi connectivity index (χ2n) is 8.17. The Kier molecular flexibility index (Phi) is 6.73. The average molecular weight is 384 g/mol. The zero-order valence-corrected chi connectivity index (χ0v) is 17.6. The third-order valence-electron chi connectivity index (χ3n) is 5.46. The number of anilines is 1. The number of hydrogen-bond donors (Lipinski definition) is 0. The maximum Gasteiger partial charge on any atom is 0.253 e. The molecule has 2 heterocycles. The summed E-state index contributed by atoms with van der Waals surface area (Å²) in [6, 6.07) is 7.88. The number of imidazole rings is 1. The summed E-state index contributed by atoms with van der Waals surface area (Å²) >= 11 is 0. The predicted molar refractivity (Wildman–Crippen MR) is 114 cm³/mol. The van der Waals surface area contributed by atoms with E-state index < -0.39 is 0 Å². The minimum absolute atomic E-state index is 0.126. The Balaban J connectivity index is 1.65. The molecule has 1 amide bonds. The quantitative estimate of drug-likeness (QED) is 0.737. The summed E-state index contributed by atoms with van der Waals surface area (Å²) < 4.78 is 2.27. The van der Waals surface area contributed by atoms with Crippen molar-refractivity contribution in [3.8, 4) is 0 Å². The van der Waals surface area contributed by atoms with Crippen LogP contribution < -0.4 is 4.90 Å². The van der Waals surface area contributed by atoms with Crippen LogP contribution in [0.1, 0.15) is 41.4 Å². The van der Waals surface area contributed by atoms with Crippen molar-refractivity contribution >= 4 is 11.6 Å². The fraction of sp³-hybridized carbons (Fsp3) is 0.545. The highest BCUT2D eigenvalue weighted by atomic mass is 16.2. The summed E-state index contributed by atoms with van der Waals surface area (Å²) in [5.74, 6) is 1.56. The Hall–Kier alpha value is -2.34. The Morgan fingerprint density at radius 3 is 2.61 bits per heavy atom. The van der Waals surface area contributed by atoms with Crippen LogP contribution in [0.2, 0.25) is 0 Å². The lowest BCUT2D eigenvalue weighted by molar-refractivity contribution is 0.0703. The average Bonchev–Trinajstić information content (AvgIpc) is 3.16. The van der Waals surface area contributed by atoms with E-state index in [0.29, 0.717) is 5.92 Å². The van der Waals surface area contributed by atoms with E-state index in [4.69, 9.17) is 0 Å². The number of piperidine rings is 1. The van der Waals surface area contributed by atoms with Crippen molar-refractivity contribution in [2.24, 2.45) is 0 Å². The van der Waals surface area contributed by atoms with Crippen molar-refractivity contribution < 1.29 is 4.79 Å². The van der Waals surface area contributed by atoms with E-state index in [9.17, 15) is 4.79 Å². The normalized spacial score (nSPS) is 17.2. The van der Waals surface area contributed by atoms with E-state index in [-0.39, 0.29) is 5.91 Å². The monoisotopic (exact) mass is 383 g/mol. The van der Waals surface area contributed by atoms with Gasteiger partial charge in [0.1, 0.15) is 5.82 Å². The van der Waals surface area contributed by atoms with Gasteiger partial charge < -0.3 is 19.3 Å². The number of carbonyl (C=O) groups excluding carboxylic acids is 1. The zero-order chi connectivity index (χ0) is 20.1. The van der Waals surface area contributed by atoms with E-state index in [1.807, 2.05) is 54.4 Å². The number of aromatic nitrogens is 2. The van der Waals surface area contributed by atoms with Crippen LogP contribution in [0.15, 0.2) is 36.7 Å². The molecular formula is C22H33N5O. The fourth-order valence-electron chi connectivity index (χ4n) is 3.88. The molecule has 1 aliphatic rings. The largest absolute Gasteiger partial charge is 0.378 e. The van der Waals surface area contributed by atoms with Crippen molar-refractivity contribution in [1.82, 2.24) is 19.4 Å². The van der Waals surface area contributed by atoms with Gasteiger partial charge in [0, 0.05) is 63.3 Å². The van der Waals surface area contributed by atoms with Crippen molar-refractivity contribution in [2.75, 3.05) is 52.7 Å². The molecule has 1 unspecified atom stereocenters. The Morgan fingerprint density at radius 2 is 1.93 bits per heavy atom. The Labute approximate surface area is 168 Å². The molecule has 152 valence electrons. The number of amides is 1. The second-order valence-corrected chi connectivity index (χ2v) is 8.17. The van der Waals surface area contributed by atoms with Gasteiger partial charge in [-0.2, -0.15) is 0 Å². The van der Waals surface area contributed by atoms with Gasteiger partial charge in [0.25, 0.3) is 5.91 Å². The molecule has 0 N–H and O–H groups in total. The van der Waals surface area contributed by atoms with Crippen molar-refractivity contribution in [3.05, 3.63) is 48.0 Å². The predicted octanol–water partition coefficient (Wildman–Crippen LogP) is 2.92. The molecule has 0 spiro atoms. The number of benzene rings is 1. The molecule has 1 aliphatic heterocycles. The highest BCUT2D eigenvalue weighted by molar-refractivity contribution is 5.94. The first-order valence-electron chi connectivity index (χ1n) is 10.2. The SMILES string of the molecule is CN(C)CCCn1ccnc1C1CCCN(C(=O)c2ccc(N(C)C)cc2)C1. The van der Waals surface area contributed by atoms with Crippen LogP contribution in [0, 0.1) is 0 Å². The molecule has 6 heteroatoms. The molecule has 0 bridgehead atoms. The highest BCUT2D eigenvalue weighted by Crippen LogP contribution is 2.27. The first kappa shape index (κ1) is 20.4. The summed E-state index contributed by atoms with van der Waals surface area (Å²) in [5.41, 5.74) is 1.87. The fourth-order valence-corrected chi connectivity index (χ4v) is 3.88. The summed E-state index contributed by atoms with van der Waals surface area (Å²) in [7, 11) is 8.22. The van der Waals surface area contributed by atoms with Gasteiger partial charge in [-0.15, -0.1) is 0 Å². The van der Waals surface area contributed by atoms with E-state index in [0.717, 1.165) is 62.5 Å². The molecular weight excluding hydrogens is 350 g/mol. The van der Waals surface area contributed by atoms with Gasteiger partial charge in [0.15, 0.2) is 0 Å². The number of aryl methyl sites for hydroxylation is 1. The summed E-state index contributed by atoms with van der Waals surface area (Å²) in [4.78, 5) is 23.9. The summed E-state index contributed by atoms with van der Waals surface area (Å²) in [5, 5.41) is 0. The molecule has 28 heavy (non-hydrogen) atoms. The van der Waals surface area contributed by atoms with Gasteiger partial charge >= 0.3 is 0 Å². The number of carbonyl (C=O) groups is 1. The van der Waals surface area contributed by atoms with Crippen LogP contribution in [0.5, 0.6) is 0 Å². The molecule has 6 nitrogen and oxygen atoms in total. The van der Waals surface area contributed by atoms with E-state index in [1.165, 1.54) is 0 Å². The van der Waals surface area contributed by atoms with E-state index >= 15 is 0 Å². The Morgan fingerprint density at radius 1 is 1.18 bits per heavy atom. The first-order chi connectivity index (χ1) is 13.5. The van der Waals surface area contributed by atoms with Crippen LogP contribution in [0.3, 0.4) is 0 Å². The van der Waals surface area contributed by atoms with Crippen LogP contribution in [-0.2, 0) is 6.54 Å². The molecule has 0 aliphatic carbocycles. The second kappa shape index (κ2) is 9.24.